The Labute approximate surface area is 148 Å². The molecule has 0 radical (unpaired) electrons. The number of carbonyl (C=O) groups excluding carboxylic acids is 1. The van der Waals surface area contributed by atoms with E-state index in [0.29, 0.717) is 13.2 Å². The van der Waals surface area contributed by atoms with Gasteiger partial charge in [-0.05, 0) is 17.2 Å². The van der Waals surface area contributed by atoms with E-state index in [-0.39, 0.29) is 12.0 Å². The molecule has 0 spiro atoms. The zero-order valence-corrected chi connectivity index (χ0v) is 14.2. The summed E-state index contributed by atoms with van der Waals surface area (Å²) in [6, 6.07) is 19.9. The van der Waals surface area contributed by atoms with Gasteiger partial charge in [-0.1, -0.05) is 67.2 Å². The highest BCUT2D eigenvalue weighted by atomic mass is 16.6. The van der Waals surface area contributed by atoms with Gasteiger partial charge in [0.2, 0.25) is 0 Å². The smallest absolute Gasteiger partial charge is 0.325 e. The number of hydrogen-bond donors (Lipinski definition) is 0. The van der Waals surface area contributed by atoms with Crippen molar-refractivity contribution in [3.05, 3.63) is 84.4 Å². The highest BCUT2D eigenvalue weighted by molar-refractivity contribution is 5.79. The van der Waals surface area contributed by atoms with Gasteiger partial charge in [0, 0.05) is 13.1 Å². The van der Waals surface area contributed by atoms with Gasteiger partial charge >= 0.3 is 5.97 Å². The first-order valence-corrected chi connectivity index (χ1v) is 8.49. The normalized spacial score (nSPS) is 19.8. The molecule has 4 heteroatoms. The second kappa shape index (κ2) is 8.60. The maximum atomic E-state index is 12.2. The van der Waals surface area contributed by atoms with E-state index in [1.807, 2.05) is 48.5 Å². The van der Waals surface area contributed by atoms with E-state index in [1.165, 1.54) is 5.56 Å². The van der Waals surface area contributed by atoms with Crippen molar-refractivity contribution < 1.29 is 14.3 Å². The summed E-state index contributed by atoms with van der Waals surface area (Å²) in [6.07, 6.45) is 1.20. The van der Waals surface area contributed by atoms with Crippen molar-refractivity contribution in [3.8, 4) is 0 Å². The Balaban J connectivity index is 1.40. The standard InChI is InChI=1S/C21H23NO3/c1-2-19(16-24-15-18-11-7-4-8-12-18)25-21(23)20-14-22(20)13-17-9-5-3-6-10-17/h2-12,19-20H,1,13-16H2/t19-,20?,22?/m1/s1. The Hall–Kier alpha value is -2.43. The van der Waals surface area contributed by atoms with Crippen LogP contribution in [0.1, 0.15) is 11.1 Å². The van der Waals surface area contributed by atoms with Crippen molar-refractivity contribution in [2.75, 3.05) is 13.2 Å². The van der Waals surface area contributed by atoms with Gasteiger partial charge in [-0.25, -0.2) is 0 Å². The SMILES string of the molecule is C=C[C@H](COCc1ccccc1)OC(=O)C1CN1Cc1ccccc1. The zero-order valence-electron chi connectivity index (χ0n) is 14.2. The quantitative estimate of drug-likeness (QED) is 0.400. The van der Waals surface area contributed by atoms with Gasteiger partial charge in [0.15, 0.2) is 0 Å². The number of ether oxygens (including phenoxy) is 2. The van der Waals surface area contributed by atoms with Crippen LogP contribution in [0, 0.1) is 0 Å². The van der Waals surface area contributed by atoms with Crippen LogP contribution >= 0.6 is 0 Å². The fraction of sp³-hybridized carbons (Fsp3) is 0.286. The Kier molecular flexibility index (Phi) is 5.99. The molecule has 130 valence electrons. The van der Waals surface area contributed by atoms with Gasteiger partial charge in [0.1, 0.15) is 12.1 Å². The second-order valence-electron chi connectivity index (χ2n) is 6.14. The lowest BCUT2D eigenvalue weighted by Crippen LogP contribution is -2.25. The summed E-state index contributed by atoms with van der Waals surface area (Å²) < 4.78 is 11.1. The highest BCUT2D eigenvalue weighted by Gasteiger charge is 2.42. The van der Waals surface area contributed by atoms with Crippen LogP contribution in [-0.4, -0.2) is 36.2 Å². The van der Waals surface area contributed by atoms with Crippen molar-refractivity contribution in [2.24, 2.45) is 0 Å². The molecule has 0 saturated carbocycles. The van der Waals surface area contributed by atoms with Crippen LogP contribution in [0.4, 0.5) is 0 Å². The van der Waals surface area contributed by atoms with Crippen LogP contribution in [0.25, 0.3) is 0 Å². The number of nitrogens with zero attached hydrogens (tertiary/aromatic N) is 1. The molecule has 1 saturated heterocycles. The molecule has 1 aliphatic heterocycles. The van der Waals surface area contributed by atoms with Gasteiger partial charge < -0.3 is 9.47 Å². The van der Waals surface area contributed by atoms with Gasteiger partial charge in [0.25, 0.3) is 0 Å². The van der Waals surface area contributed by atoms with Crippen LogP contribution in [0.5, 0.6) is 0 Å². The van der Waals surface area contributed by atoms with Gasteiger partial charge in [-0.3, -0.25) is 9.69 Å². The van der Waals surface area contributed by atoms with Crippen LogP contribution in [-0.2, 0) is 27.4 Å². The number of rotatable bonds is 9. The summed E-state index contributed by atoms with van der Waals surface area (Å²) in [5.74, 6) is -0.204. The molecule has 3 rings (SSSR count). The van der Waals surface area contributed by atoms with Gasteiger partial charge in [-0.15, -0.1) is 0 Å². The minimum absolute atomic E-state index is 0.156. The second-order valence-corrected chi connectivity index (χ2v) is 6.14. The Morgan fingerprint density at radius 2 is 1.76 bits per heavy atom. The summed E-state index contributed by atoms with van der Waals surface area (Å²) >= 11 is 0. The van der Waals surface area contributed by atoms with Crippen molar-refractivity contribution in [3.63, 3.8) is 0 Å². The maximum Gasteiger partial charge on any atom is 0.325 e. The molecule has 2 aromatic rings. The molecule has 0 amide bonds. The summed E-state index contributed by atoms with van der Waals surface area (Å²) in [5, 5.41) is 0. The van der Waals surface area contributed by atoms with Crippen molar-refractivity contribution in [2.45, 2.75) is 25.3 Å². The molecule has 2 unspecified atom stereocenters. The average molecular weight is 337 g/mol. The Bertz CT molecular complexity index is 687. The first kappa shape index (κ1) is 17.4. The predicted octanol–water partition coefficient (Wildman–Crippen LogP) is 3.19. The predicted molar refractivity (Wildman–Crippen MR) is 96.8 cm³/mol. The van der Waals surface area contributed by atoms with E-state index >= 15 is 0 Å². The number of benzene rings is 2. The molecule has 1 fully saturated rings. The van der Waals surface area contributed by atoms with E-state index in [1.54, 1.807) is 6.08 Å². The molecule has 1 aliphatic rings. The lowest BCUT2D eigenvalue weighted by molar-refractivity contribution is -0.149. The first-order chi connectivity index (χ1) is 12.3. The third-order valence-electron chi connectivity index (χ3n) is 4.14. The highest BCUT2D eigenvalue weighted by Crippen LogP contribution is 2.22. The summed E-state index contributed by atoms with van der Waals surface area (Å²) in [4.78, 5) is 14.3. The molecule has 4 nitrogen and oxygen atoms in total. The Morgan fingerprint density at radius 3 is 2.40 bits per heavy atom. The first-order valence-electron chi connectivity index (χ1n) is 8.49. The zero-order chi connectivity index (χ0) is 17.5. The van der Waals surface area contributed by atoms with Crippen LogP contribution < -0.4 is 0 Å². The monoisotopic (exact) mass is 337 g/mol. The summed E-state index contributed by atoms with van der Waals surface area (Å²) in [5.41, 5.74) is 2.29. The maximum absolute atomic E-state index is 12.2. The van der Waals surface area contributed by atoms with Crippen LogP contribution in [0.2, 0.25) is 0 Å². The molecule has 2 aromatic carbocycles. The molecule has 1 heterocycles. The molecule has 0 aliphatic carbocycles. The largest absolute Gasteiger partial charge is 0.454 e. The minimum atomic E-state index is -0.421. The van der Waals surface area contributed by atoms with Crippen molar-refractivity contribution in [1.82, 2.24) is 4.90 Å². The lowest BCUT2D eigenvalue weighted by atomic mass is 10.2. The topological polar surface area (TPSA) is 38.5 Å². The third-order valence-corrected chi connectivity index (χ3v) is 4.14. The summed E-state index contributed by atoms with van der Waals surface area (Å²) in [6.45, 7) is 6.05. The molecular weight excluding hydrogens is 314 g/mol. The van der Waals surface area contributed by atoms with E-state index in [9.17, 15) is 4.79 Å². The molecular formula is C21H23NO3. The average Bonchev–Trinajstić information content (AvgIpc) is 3.42. The lowest BCUT2D eigenvalue weighted by Gasteiger charge is -2.14. The number of esters is 1. The van der Waals surface area contributed by atoms with Gasteiger partial charge in [-0.2, -0.15) is 0 Å². The van der Waals surface area contributed by atoms with E-state index in [2.05, 4.69) is 23.6 Å². The van der Waals surface area contributed by atoms with Crippen molar-refractivity contribution >= 4 is 5.97 Å². The van der Waals surface area contributed by atoms with Crippen LogP contribution in [0.15, 0.2) is 73.3 Å². The minimum Gasteiger partial charge on any atom is -0.454 e. The number of hydrogen-bond acceptors (Lipinski definition) is 4. The molecule has 0 N–H and O–H groups in total. The van der Waals surface area contributed by atoms with E-state index in [4.69, 9.17) is 9.47 Å². The fourth-order valence-electron chi connectivity index (χ4n) is 2.64. The molecule has 0 aromatic heterocycles. The number of carbonyl (C=O) groups is 1. The molecule has 3 atom stereocenters. The van der Waals surface area contributed by atoms with Crippen molar-refractivity contribution in [1.29, 1.82) is 0 Å². The molecule has 25 heavy (non-hydrogen) atoms. The Morgan fingerprint density at radius 1 is 1.12 bits per heavy atom. The third kappa shape index (κ3) is 5.28. The van der Waals surface area contributed by atoms with E-state index < -0.39 is 6.10 Å². The molecule has 0 bridgehead atoms. The summed E-state index contributed by atoms with van der Waals surface area (Å²) in [7, 11) is 0. The van der Waals surface area contributed by atoms with Gasteiger partial charge in [0.05, 0.1) is 13.2 Å². The van der Waals surface area contributed by atoms with Crippen LogP contribution in [0.3, 0.4) is 0 Å². The fourth-order valence-corrected chi connectivity index (χ4v) is 2.64. The van der Waals surface area contributed by atoms with E-state index in [0.717, 1.165) is 18.7 Å².